The number of rotatable bonds is 7. The van der Waals surface area contributed by atoms with Crippen LogP contribution in [0.15, 0.2) is 42.5 Å². The van der Waals surface area contributed by atoms with Gasteiger partial charge in [0.05, 0.1) is 24.9 Å². The number of carbonyl (C=O) groups is 1. The number of halogens is 1. The summed E-state index contributed by atoms with van der Waals surface area (Å²) in [5.41, 5.74) is 3.08. The van der Waals surface area contributed by atoms with E-state index in [9.17, 15) is 9.18 Å². The zero-order chi connectivity index (χ0) is 21.1. The van der Waals surface area contributed by atoms with E-state index in [4.69, 9.17) is 14.5 Å². The second-order valence-electron chi connectivity index (χ2n) is 7.22. The molecule has 6 nitrogen and oxygen atoms in total. The first-order valence-corrected chi connectivity index (χ1v) is 9.92. The second kappa shape index (κ2) is 8.67. The largest absolute Gasteiger partial charge is 0.494 e. The molecule has 3 aromatic rings. The lowest BCUT2D eigenvalue weighted by Crippen LogP contribution is -2.20. The van der Waals surface area contributed by atoms with Gasteiger partial charge in [0.1, 0.15) is 12.4 Å². The number of methoxy groups -OCH3 is 1. The lowest BCUT2D eigenvalue weighted by atomic mass is 10.1. The van der Waals surface area contributed by atoms with Crippen LogP contribution in [-0.4, -0.2) is 51.2 Å². The Morgan fingerprint density at radius 3 is 2.67 bits per heavy atom. The van der Waals surface area contributed by atoms with Gasteiger partial charge in [0, 0.05) is 42.2 Å². The number of benzene rings is 2. The van der Waals surface area contributed by atoms with Gasteiger partial charge in [-0.2, -0.15) is 0 Å². The number of Topliss-reactive ketones (excluding diaryl/α,β-unsaturated/α-hetero) is 1. The molecule has 7 heteroatoms. The lowest BCUT2D eigenvalue weighted by molar-refractivity contribution is -0.116. The monoisotopic (exact) mass is 409 g/mol. The van der Waals surface area contributed by atoms with Crippen molar-refractivity contribution in [1.29, 1.82) is 0 Å². The average molecular weight is 409 g/mol. The van der Waals surface area contributed by atoms with Gasteiger partial charge in [0.15, 0.2) is 17.3 Å². The average Bonchev–Trinajstić information content (AvgIpc) is 3.19. The molecule has 1 aliphatic heterocycles. The topological polar surface area (TPSA) is 63.7 Å². The molecule has 0 radical (unpaired) electrons. The summed E-state index contributed by atoms with van der Waals surface area (Å²) in [7, 11) is 3.31. The van der Waals surface area contributed by atoms with Crippen molar-refractivity contribution in [3.63, 3.8) is 0 Å². The molecule has 2 aromatic carbocycles. The van der Waals surface area contributed by atoms with Gasteiger partial charge < -0.3 is 19.7 Å². The van der Waals surface area contributed by atoms with Crippen LogP contribution in [0.25, 0.3) is 22.2 Å². The Morgan fingerprint density at radius 2 is 2.00 bits per heavy atom. The van der Waals surface area contributed by atoms with E-state index in [1.54, 1.807) is 6.07 Å². The van der Waals surface area contributed by atoms with Gasteiger partial charge in [-0.05, 0) is 43.4 Å². The standard InChI is InChI=1S/C23H24FN3O3/c1-25-8-10-30-17-5-3-15(4-6-17)20-12-22(27-9-7-16(28)14-27)18-11-19(24)23(29-2)13-21(18)26-20/h3-6,11-13,25H,7-10,14H2,1-2H3. The van der Waals surface area contributed by atoms with Crippen LogP contribution >= 0.6 is 0 Å². The molecular formula is C23H24FN3O3. The summed E-state index contributed by atoms with van der Waals surface area (Å²) in [5.74, 6) is 0.653. The predicted molar refractivity (Wildman–Crippen MR) is 115 cm³/mol. The SMILES string of the molecule is CNCCOc1ccc(-c2cc(N3CCC(=O)C3)c3cc(F)c(OC)cc3n2)cc1. The van der Waals surface area contributed by atoms with E-state index in [0.29, 0.717) is 37.0 Å². The molecule has 0 saturated carbocycles. The molecule has 1 N–H and O–H groups in total. The Bertz CT molecular complexity index is 1070. The highest BCUT2D eigenvalue weighted by Gasteiger charge is 2.23. The number of pyridine rings is 1. The molecule has 4 rings (SSSR count). The Morgan fingerprint density at radius 1 is 1.20 bits per heavy atom. The minimum atomic E-state index is -0.450. The highest BCUT2D eigenvalue weighted by Crippen LogP contribution is 2.35. The summed E-state index contributed by atoms with van der Waals surface area (Å²) >= 11 is 0. The number of aromatic nitrogens is 1. The number of hydrogen-bond acceptors (Lipinski definition) is 6. The Kier molecular flexibility index (Phi) is 5.81. The highest BCUT2D eigenvalue weighted by molar-refractivity contribution is 5.98. The van der Waals surface area contributed by atoms with Gasteiger partial charge in [0.25, 0.3) is 0 Å². The third-order valence-electron chi connectivity index (χ3n) is 5.20. The Balaban J connectivity index is 1.76. The van der Waals surface area contributed by atoms with Crippen molar-refractivity contribution in [3.05, 3.63) is 48.3 Å². The maximum Gasteiger partial charge on any atom is 0.165 e. The van der Waals surface area contributed by atoms with E-state index in [1.165, 1.54) is 13.2 Å². The minimum absolute atomic E-state index is 0.142. The summed E-state index contributed by atoms with van der Waals surface area (Å²) in [6, 6.07) is 12.7. The molecule has 1 aliphatic rings. The molecule has 0 aliphatic carbocycles. The number of ether oxygens (including phenoxy) is 2. The number of fused-ring (bicyclic) bond motifs is 1. The van der Waals surface area contributed by atoms with Crippen LogP contribution in [0.4, 0.5) is 10.1 Å². The van der Waals surface area contributed by atoms with E-state index in [2.05, 4.69) is 5.32 Å². The number of nitrogens with one attached hydrogen (secondary N) is 1. The van der Waals surface area contributed by atoms with Crippen molar-refractivity contribution < 1.29 is 18.7 Å². The normalized spacial score (nSPS) is 13.8. The molecule has 0 unspecified atom stereocenters. The number of hydrogen-bond donors (Lipinski definition) is 1. The molecule has 0 atom stereocenters. The van der Waals surface area contributed by atoms with Crippen LogP contribution in [0.1, 0.15) is 6.42 Å². The number of anilines is 1. The lowest BCUT2D eigenvalue weighted by Gasteiger charge is -2.20. The molecule has 1 aromatic heterocycles. The first kappa shape index (κ1) is 20.1. The van der Waals surface area contributed by atoms with E-state index in [1.807, 2.05) is 42.3 Å². The van der Waals surface area contributed by atoms with Crippen LogP contribution in [0, 0.1) is 5.82 Å². The third kappa shape index (κ3) is 4.07. The first-order chi connectivity index (χ1) is 14.6. The fourth-order valence-electron chi connectivity index (χ4n) is 3.60. The van der Waals surface area contributed by atoms with Crippen molar-refractivity contribution >= 4 is 22.4 Å². The van der Waals surface area contributed by atoms with Crippen LogP contribution in [0.5, 0.6) is 11.5 Å². The molecule has 0 bridgehead atoms. The summed E-state index contributed by atoms with van der Waals surface area (Å²) in [6.07, 6.45) is 0.496. The minimum Gasteiger partial charge on any atom is -0.494 e. The number of carbonyl (C=O) groups excluding carboxylic acids is 1. The fraction of sp³-hybridized carbons (Fsp3) is 0.304. The second-order valence-corrected chi connectivity index (χ2v) is 7.22. The van der Waals surface area contributed by atoms with Crippen LogP contribution in [-0.2, 0) is 4.79 Å². The summed E-state index contributed by atoms with van der Waals surface area (Å²) in [6.45, 7) is 2.29. The van der Waals surface area contributed by atoms with Gasteiger partial charge in [-0.15, -0.1) is 0 Å². The summed E-state index contributed by atoms with van der Waals surface area (Å²) in [5, 5.41) is 3.71. The smallest absolute Gasteiger partial charge is 0.165 e. The Labute approximate surface area is 174 Å². The van der Waals surface area contributed by atoms with Crippen molar-refractivity contribution in [2.75, 3.05) is 45.3 Å². The summed E-state index contributed by atoms with van der Waals surface area (Å²) < 4.78 is 25.2. The number of ketones is 1. The fourth-order valence-corrected chi connectivity index (χ4v) is 3.60. The van der Waals surface area contributed by atoms with E-state index in [0.717, 1.165) is 29.2 Å². The molecule has 1 saturated heterocycles. The highest BCUT2D eigenvalue weighted by atomic mass is 19.1. The summed E-state index contributed by atoms with van der Waals surface area (Å²) in [4.78, 5) is 18.6. The number of likely N-dealkylation sites (N-methyl/N-ethyl adjacent to an activating group) is 1. The van der Waals surface area contributed by atoms with Crippen molar-refractivity contribution in [1.82, 2.24) is 10.3 Å². The van der Waals surface area contributed by atoms with E-state index < -0.39 is 5.82 Å². The van der Waals surface area contributed by atoms with Crippen molar-refractivity contribution in [2.45, 2.75) is 6.42 Å². The van der Waals surface area contributed by atoms with Gasteiger partial charge in [-0.1, -0.05) is 0 Å². The van der Waals surface area contributed by atoms with Crippen LogP contribution < -0.4 is 19.7 Å². The van der Waals surface area contributed by atoms with E-state index in [-0.39, 0.29) is 11.5 Å². The van der Waals surface area contributed by atoms with E-state index >= 15 is 0 Å². The van der Waals surface area contributed by atoms with Gasteiger partial charge in [0.2, 0.25) is 0 Å². The van der Waals surface area contributed by atoms with Crippen molar-refractivity contribution in [2.24, 2.45) is 0 Å². The molecular weight excluding hydrogens is 385 g/mol. The molecule has 0 amide bonds. The maximum absolute atomic E-state index is 14.4. The van der Waals surface area contributed by atoms with Gasteiger partial charge in [-0.3, -0.25) is 4.79 Å². The molecule has 30 heavy (non-hydrogen) atoms. The van der Waals surface area contributed by atoms with Crippen molar-refractivity contribution in [3.8, 4) is 22.8 Å². The van der Waals surface area contributed by atoms with Gasteiger partial charge >= 0.3 is 0 Å². The van der Waals surface area contributed by atoms with Gasteiger partial charge in [-0.25, -0.2) is 9.37 Å². The molecule has 0 spiro atoms. The number of nitrogens with zero attached hydrogens (tertiary/aromatic N) is 2. The molecule has 156 valence electrons. The Hall–Kier alpha value is -3.19. The van der Waals surface area contributed by atoms with Crippen LogP contribution in [0.3, 0.4) is 0 Å². The maximum atomic E-state index is 14.4. The first-order valence-electron chi connectivity index (χ1n) is 9.92. The molecule has 2 heterocycles. The zero-order valence-electron chi connectivity index (χ0n) is 17.1. The third-order valence-corrected chi connectivity index (χ3v) is 5.20. The zero-order valence-corrected chi connectivity index (χ0v) is 17.1. The quantitative estimate of drug-likeness (QED) is 0.604. The molecule has 1 fully saturated rings. The predicted octanol–water partition coefficient (Wildman–Crippen LogP) is 3.43. The van der Waals surface area contributed by atoms with Crippen LogP contribution in [0.2, 0.25) is 0 Å².